The van der Waals surface area contributed by atoms with E-state index in [2.05, 4.69) is 10.3 Å². The number of nitrogens with one attached hydrogen (secondary N) is 1. The first kappa shape index (κ1) is 11.8. The fourth-order valence-electron chi connectivity index (χ4n) is 2.00. The standard InChI is InChI=1S/C12H16FN3O/c1-2-14-11-10(7-9(13)8-15-11)12(17)16-5-3-4-6-16/h7-8H,2-6H2,1H3,(H,14,15). The lowest BCUT2D eigenvalue weighted by Gasteiger charge is -2.17. The van der Waals surface area contributed by atoms with Crippen LogP contribution in [0.15, 0.2) is 12.3 Å². The molecular weight excluding hydrogens is 221 g/mol. The van der Waals surface area contributed by atoms with E-state index < -0.39 is 5.82 Å². The zero-order chi connectivity index (χ0) is 12.3. The molecule has 1 amide bonds. The number of anilines is 1. The summed E-state index contributed by atoms with van der Waals surface area (Å²) in [5, 5.41) is 2.98. The zero-order valence-electron chi connectivity index (χ0n) is 9.87. The fraction of sp³-hybridized carbons (Fsp3) is 0.500. The number of rotatable bonds is 3. The summed E-state index contributed by atoms with van der Waals surface area (Å²) in [5.41, 5.74) is 0.328. The van der Waals surface area contributed by atoms with Crippen molar-refractivity contribution in [3.63, 3.8) is 0 Å². The Morgan fingerprint density at radius 3 is 2.88 bits per heavy atom. The van der Waals surface area contributed by atoms with E-state index in [0.717, 1.165) is 32.1 Å². The Morgan fingerprint density at radius 1 is 1.53 bits per heavy atom. The topological polar surface area (TPSA) is 45.2 Å². The first-order valence-corrected chi connectivity index (χ1v) is 5.91. The second kappa shape index (κ2) is 5.12. The van der Waals surface area contributed by atoms with E-state index in [1.807, 2.05) is 6.92 Å². The fourth-order valence-corrected chi connectivity index (χ4v) is 2.00. The van der Waals surface area contributed by atoms with Gasteiger partial charge in [-0.05, 0) is 25.8 Å². The summed E-state index contributed by atoms with van der Waals surface area (Å²) in [4.78, 5) is 17.8. The molecule has 1 N–H and O–H groups in total. The number of amides is 1. The molecule has 0 spiro atoms. The third-order valence-corrected chi connectivity index (χ3v) is 2.82. The lowest BCUT2D eigenvalue weighted by Crippen LogP contribution is -2.28. The van der Waals surface area contributed by atoms with Crippen LogP contribution in [0.1, 0.15) is 30.1 Å². The van der Waals surface area contributed by atoms with E-state index in [9.17, 15) is 9.18 Å². The van der Waals surface area contributed by atoms with Crippen LogP contribution in [0.25, 0.3) is 0 Å². The van der Waals surface area contributed by atoms with Gasteiger partial charge in [-0.25, -0.2) is 9.37 Å². The minimum Gasteiger partial charge on any atom is -0.370 e. The number of hydrogen-bond acceptors (Lipinski definition) is 3. The Balaban J connectivity index is 2.28. The van der Waals surface area contributed by atoms with Gasteiger partial charge in [0.15, 0.2) is 0 Å². The Bertz CT molecular complexity index is 416. The normalized spacial score (nSPS) is 15.1. The van der Waals surface area contributed by atoms with Gasteiger partial charge in [-0.15, -0.1) is 0 Å². The number of likely N-dealkylation sites (tertiary alicyclic amines) is 1. The number of aromatic nitrogens is 1. The van der Waals surface area contributed by atoms with Gasteiger partial charge in [0, 0.05) is 19.6 Å². The Kier molecular flexibility index (Phi) is 3.56. The molecule has 0 bridgehead atoms. The number of hydrogen-bond donors (Lipinski definition) is 1. The molecule has 0 aromatic carbocycles. The van der Waals surface area contributed by atoms with Crippen LogP contribution in [0.4, 0.5) is 10.2 Å². The first-order chi connectivity index (χ1) is 8.22. The Labute approximate surface area is 99.8 Å². The van der Waals surface area contributed by atoms with Crippen LogP contribution in [0.5, 0.6) is 0 Å². The van der Waals surface area contributed by atoms with E-state index >= 15 is 0 Å². The summed E-state index contributed by atoms with van der Waals surface area (Å²) in [6, 6.07) is 1.26. The van der Waals surface area contributed by atoms with Gasteiger partial charge < -0.3 is 10.2 Å². The maximum absolute atomic E-state index is 13.2. The molecule has 1 fully saturated rings. The van der Waals surface area contributed by atoms with Gasteiger partial charge in [0.05, 0.1) is 11.8 Å². The molecule has 4 nitrogen and oxygen atoms in total. The van der Waals surface area contributed by atoms with Gasteiger partial charge in [0.1, 0.15) is 11.6 Å². The van der Waals surface area contributed by atoms with Crippen LogP contribution in [0.3, 0.4) is 0 Å². The number of pyridine rings is 1. The SMILES string of the molecule is CCNc1ncc(F)cc1C(=O)N1CCCC1. The smallest absolute Gasteiger partial charge is 0.257 e. The van der Waals surface area contributed by atoms with Gasteiger partial charge >= 0.3 is 0 Å². The number of halogens is 1. The van der Waals surface area contributed by atoms with Crippen molar-refractivity contribution in [2.75, 3.05) is 25.0 Å². The van der Waals surface area contributed by atoms with Gasteiger partial charge in [-0.2, -0.15) is 0 Å². The molecule has 0 atom stereocenters. The minimum atomic E-state index is -0.478. The van der Waals surface area contributed by atoms with Crippen molar-refractivity contribution in [3.8, 4) is 0 Å². The van der Waals surface area contributed by atoms with E-state index in [4.69, 9.17) is 0 Å². The summed E-state index contributed by atoms with van der Waals surface area (Å²) in [7, 11) is 0. The molecule has 17 heavy (non-hydrogen) atoms. The lowest BCUT2D eigenvalue weighted by molar-refractivity contribution is 0.0793. The molecule has 1 aliphatic heterocycles. The van der Waals surface area contributed by atoms with Crippen LogP contribution in [-0.2, 0) is 0 Å². The van der Waals surface area contributed by atoms with E-state index in [1.165, 1.54) is 6.07 Å². The zero-order valence-corrected chi connectivity index (χ0v) is 9.87. The van der Waals surface area contributed by atoms with E-state index in [1.54, 1.807) is 4.90 Å². The van der Waals surface area contributed by atoms with Crippen molar-refractivity contribution >= 4 is 11.7 Å². The largest absolute Gasteiger partial charge is 0.370 e. The van der Waals surface area contributed by atoms with Crippen molar-refractivity contribution < 1.29 is 9.18 Å². The van der Waals surface area contributed by atoms with Crippen molar-refractivity contribution in [3.05, 3.63) is 23.6 Å². The summed E-state index contributed by atoms with van der Waals surface area (Å²) < 4.78 is 13.2. The van der Waals surface area contributed by atoms with Crippen molar-refractivity contribution in [2.45, 2.75) is 19.8 Å². The monoisotopic (exact) mass is 237 g/mol. The van der Waals surface area contributed by atoms with Crippen molar-refractivity contribution in [1.29, 1.82) is 0 Å². The average Bonchev–Trinajstić information content (AvgIpc) is 2.84. The molecular formula is C12H16FN3O. The third-order valence-electron chi connectivity index (χ3n) is 2.82. The third kappa shape index (κ3) is 2.54. The quantitative estimate of drug-likeness (QED) is 0.873. The molecule has 0 aliphatic carbocycles. The molecule has 0 radical (unpaired) electrons. The van der Waals surface area contributed by atoms with Crippen LogP contribution >= 0.6 is 0 Å². The van der Waals surface area contributed by atoms with Crippen molar-refractivity contribution in [1.82, 2.24) is 9.88 Å². The van der Waals surface area contributed by atoms with Crippen LogP contribution in [0.2, 0.25) is 0 Å². The Hall–Kier alpha value is -1.65. The second-order valence-corrected chi connectivity index (χ2v) is 4.08. The summed E-state index contributed by atoms with van der Waals surface area (Å²) in [6.07, 6.45) is 3.16. The molecule has 1 aromatic heterocycles. The van der Waals surface area contributed by atoms with Crippen molar-refractivity contribution in [2.24, 2.45) is 0 Å². The van der Waals surface area contributed by atoms with E-state index in [-0.39, 0.29) is 5.91 Å². The minimum absolute atomic E-state index is 0.134. The van der Waals surface area contributed by atoms with Gasteiger partial charge in [-0.3, -0.25) is 4.79 Å². The predicted molar refractivity (Wildman–Crippen MR) is 63.5 cm³/mol. The highest BCUT2D eigenvalue weighted by atomic mass is 19.1. The Morgan fingerprint density at radius 2 is 2.24 bits per heavy atom. The average molecular weight is 237 g/mol. The second-order valence-electron chi connectivity index (χ2n) is 4.08. The summed E-state index contributed by atoms with van der Waals surface area (Å²) >= 11 is 0. The molecule has 0 unspecified atom stereocenters. The molecule has 92 valence electrons. The maximum atomic E-state index is 13.2. The van der Waals surface area contributed by atoms with Crippen LogP contribution in [0, 0.1) is 5.82 Å². The highest BCUT2D eigenvalue weighted by Crippen LogP contribution is 2.19. The van der Waals surface area contributed by atoms with Gasteiger partial charge in [-0.1, -0.05) is 0 Å². The number of carbonyl (C=O) groups excluding carboxylic acids is 1. The lowest BCUT2D eigenvalue weighted by atomic mass is 10.2. The van der Waals surface area contributed by atoms with E-state index in [0.29, 0.717) is 17.9 Å². The molecule has 0 saturated carbocycles. The first-order valence-electron chi connectivity index (χ1n) is 5.91. The van der Waals surface area contributed by atoms with Gasteiger partial charge in [0.2, 0.25) is 0 Å². The molecule has 1 aromatic rings. The molecule has 2 rings (SSSR count). The highest BCUT2D eigenvalue weighted by Gasteiger charge is 2.22. The summed E-state index contributed by atoms with van der Waals surface area (Å²) in [5.74, 6) is -0.148. The molecule has 2 heterocycles. The molecule has 1 saturated heterocycles. The summed E-state index contributed by atoms with van der Waals surface area (Å²) in [6.45, 7) is 4.07. The molecule has 5 heteroatoms. The number of carbonyl (C=O) groups is 1. The maximum Gasteiger partial charge on any atom is 0.257 e. The molecule has 1 aliphatic rings. The predicted octanol–water partition coefficient (Wildman–Crippen LogP) is 1.89. The van der Waals surface area contributed by atoms with Crippen LogP contribution < -0.4 is 5.32 Å². The number of nitrogens with zero attached hydrogens (tertiary/aromatic N) is 2. The van der Waals surface area contributed by atoms with Gasteiger partial charge in [0.25, 0.3) is 5.91 Å². The highest BCUT2D eigenvalue weighted by molar-refractivity contribution is 5.98. The van der Waals surface area contributed by atoms with Crippen LogP contribution in [-0.4, -0.2) is 35.4 Å².